The normalized spacial score (nSPS) is 22.8. The van der Waals surface area contributed by atoms with Crippen LogP contribution in [0.5, 0.6) is 0 Å². The Morgan fingerprint density at radius 1 is 0.946 bits per heavy atom. The molecule has 0 unspecified atom stereocenters. The van der Waals surface area contributed by atoms with Gasteiger partial charge in [0.25, 0.3) is 0 Å². The number of aromatic nitrogens is 2. The maximum Gasteiger partial charge on any atom is 0.0931 e. The highest BCUT2D eigenvalue weighted by atomic mass is 16.3. The lowest BCUT2D eigenvalue weighted by Gasteiger charge is -2.51. The summed E-state index contributed by atoms with van der Waals surface area (Å²) in [6.07, 6.45) is 8.01. The quantitative estimate of drug-likeness (QED) is 0.507. The van der Waals surface area contributed by atoms with Crippen molar-refractivity contribution in [2.75, 3.05) is 31.1 Å². The predicted octanol–water partition coefficient (Wildman–Crippen LogP) is 5.18. The molecule has 0 amide bonds. The van der Waals surface area contributed by atoms with Crippen molar-refractivity contribution < 1.29 is 5.11 Å². The van der Waals surface area contributed by atoms with Crippen molar-refractivity contribution in [2.24, 2.45) is 5.92 Å². The van der Waals surface area contributed by atoms with Crippen molar-refractivity contribution in [3.05, 3.63) is 66.6 Å². The number of piperazine rings is 1. The number of nitrogens with zero attached hydrogens (tertiary/aromatic N) is 4. The van der Waals surface area contributed by atoms with E-state index >= 15 is 0 Å². The summed E-state index contributed by atoms with van der Waals surface area (Å²) in [6, 6.07) is 12.9. The van der Waals surface area contributed by atoms with Gasteiger partial charge in [-0.25, -0.2) is 4.52 Å². The van der Waals surface area contributed by atoms with Crippen LogP contribution in [0.4, 0.5) is 5.69 Å². The van der Waals surface area contributed by atoms with Gasteiger partial charge in [-0.3, -0.25) is 0 Å². The van der Waals surface area contributed by atoms with Crippen LogP contribution in [0.15, 0.2) is 61.1 Å². The molecule has 4 heterocycles. The lowest BCUT2D eigenvalue weighted by molar-refractivity contribution is -0.0614. The highest BCUT2D eigenvalue weighted by Crippen LogP contribution is 2.43. The van der Waals surface area contributed by atoms with Gasteiger partial charge in [0.05, 0.1) is 16.8 Å². The van der Waals surface area contributed by atoms with E-state index in [-0.39, 0.29) is 11.1 Å². The maximum absolute atomic E-state index is 11.7. The molecule has 2 N–H and O–H groups in total. The zero-order valence-corrected chi connectivity index (χ0v) is 22.8. The Bertz CT molecular complexity index is 1290. The molecule has 6 nitrogen and oxygen atoms in total. The second kappa shape index (κ2) is 8.60. The number of rotatable bonds is 5. The van der Waals surface area contributed by atoms with E-state index < -0.39 is 5.60 Å². The molecule has 1 aliphatic carbocycles. The van der Waals surface area contributed by atoms with Crippen LogP contribution < -0.4 is 10.2 Å². The van der Waals surface area contributed by atoms with Crippen LogP contribution in [0.1, 0.15) is 58.9 Å². The highest BCUT2D eigenvalue weighted by molar-refractivity contribution is 5.80. The van der Waals surface area contributed by atoms with E-state index in [9.17, 15) is 5.11 Å². The number of anilines is 1. The molecular formula is C31H41N5O. The van der Waals surface area contributed by atoms with Gasteiger partial charge in [0, 0.05) is 60.9 Å². The molecule has 6 rings (SSSR count). The lowest BCUT2D eigenvalue weighted by Crippen LogP contribution is -2.62. The zero-order chi connectivity index (χ0) is 26.0. The fourth-order valence-corrected chi connectivity index (χ4v) is 7.04. The topological polar surface area (TPSA) is 56.0 Å². The van der Waals surface area contributed by atoms with E-state index in [4.69, 9.17) is 0 Å². The molecule has 3 aliphatic rings. The molecule has 196 valence electrons. The average Bonchev–Trinajstić information content (AvgIpc) is 3.59. The zero-order valence-electron chi connectivity index (χ0n) is 22.8. The third kappa shape index (κ3) is 4.77. The van der Waals surface area contributed by atoms with Crippen LogP contribution in [0, 0.1) is 5.92 Å². The van der Waals surface area contributed by atoms with Gasteiger partial charge < -0.3 is 20.2 Å². The Kier molecular flexibility index (Phi) is 5.70. The molecule has 3 aromatic rings. The Labute approximate surface area is 221 Å². The molecule has 0 atom stereocenters. The minimum atomic E-state index is -0.843. The van der Waals surface area contributed by atoms with Crippen molar-refractivity contribution in [1.82, 2.24) is 19.8 Å². The van der Waals surface area contributed by atoms with E-state index in [0.717, 1.165) is 54.3 Å². The van der Waals surface area contributed by atoms with Crippen LogP contribution in [-0.4, -0.2) is 56.9 Å². The number of aliphatic hydroxyl groups is 1. The molecule has 3 fully saturated rings. The summed E-state index contributed by atoms with van der Waals surface area (Å²) in [5.74, 6) is 0.729. The van der Waals surface area contributed by atoms with Gasteiger partial charge in [-0.05, 0) is 82.6 Å². The third-order valence-corrected chi connectivity index (χ3v) is 8.46. The number of nitrogens with one attached hydrogen (secondary N) is 1. The summed E-state index contributed by atoms with van der Waals surface area (Å²) in [6.45, 7) is 17.1. The second-order valence-electron chi connectivity index (χ2n) is 12.9. The monoisotopic (exact) mass is 499 g/mol. The summed E-state index contributed by atoms with van der Waals surface area (Å²) in [5.41, 5.74) is 5.89. The molecule has 2 aliphatic heterocycles. The van der Waals surface area contributed by atoms with Crippen molar-refractivity contribution in [2.45, 2.75) is 70.1 Å². The number of fused-ring (bicyclic) bond motifs is 1. The molecule has 0 bridgehead atoms. The van der Waals surface area contributed by atoms with Gasteiger partial charge in [0.15, 0.2) is 0 Å². The molecule has 6 heteroatoms. The minimum Gasteiger partial charge on any atom is -0.385 e. The fourth-order valence-electron chi connectivity index (χ4n) is 7.04. The number of hydrogen-bond acceptors (Lipinski definition) is 5. The molecule has 0 radical (unpaired) electrons. The van der Waals surface area contributed by atoms with E-state index in [2.05, 4.69) is 97.1 Å². The van der Waals surface area contributed by atoms with Crippen LogP contribution in [0.3, 0.4) is 0 Å². The standard InChI is InChI=1S/C31H41N5O/c1-22(23-6-7-23)34-14-16-35(17-15-34)27-12-13-32-36-19-25(18-28(27)36)24-8-10-26(11-9-24)31(37)20-29(2,3)33-30(4,5)21-31/h8-13,18-19,23,33,37H,1,6-7,14-17,20-21H2,2-5H3. The van der Waals surface area contributed by atoms with Crippen LogP contribution in [0.25, 0.3) is 16.6 Å². The van der Waals surface area contributed by atoms with E-state index in [1.807, 2.05) is 10.7 Å². The molecule has 37 heavy (non-hydrogen) atoms. The molecule has 2 saturated heterocycles. The Morgan fingerprint density at radius 2 is 1.59 bits per heavy atom. The van der Waals surface area contributed by atoms with Gasteiger partial charge in [0.1, 0.15) is 0 Å². The number of allylic oxidation sites excluding steroid dienone is 1. The number of piperidine rings is 1. The van der Waals surface area contributed by atoms with E-state index in [1.54, 1.807) is 0 Å². The van der Waals surface area contributed by atoms with Gasteiger partial charge >= 0.3 is 0 Å². The average molecular weight is 500 g/mol. The van der Waals surface area contributed by atoms with Crippen LogP contribution in [-0.2, 0) is 5.60 Å². The van der Waals surface area contributed by atoms with Gasteiger partial charge in [-0.2, -0.15) is 5.10 Å². The van der Waals surface area contributed by atoms with Crippen molar-refractivity contribution >= 4 is 11.2 Å². The first-order valence-electron chi connectivity index (χ1n) is 13.8. The highest BCUT2D eigenvalue weighted by Gasteiger charge is 2.46. The molecule has 0 spiro atoms. The smallest absolute Gasteiger partial charge is 0.0931 e. The molecule has 1 aromatic carbocycles. The van der Waals surface area contributed by atoms with Crippen LogP contribution >= 0.6 is 0 Å². The second-order valence-corrected chi connectivity index (χ2v) is 12.9. The summed E-state index contributed by atoms with van der Waals surface area (Å²) in [5, 5.41) is 20.0. The molecule has 1 saturated carbocycles. The summed E-state index contributed by atoms with van der Waals surface area (Å²) >= 11 is 0. The van der Waals surface area contributed by atoms with Gasteiger partial charge in [-0.1, -0.05) is 30.8 Å². The minimum absolute atomic E-state index is 0.131. The third-order valence-electron chi connectivity index (χ3n) is 8.46. The summed E-state index contributed by atoms with van der Waals surface area (Å²) < 4.78 is 2.00. The number of benzene rings is 1. The summed E-state index contributed by atoms with van der Waals surface area (Å²) in [7, 11) is 0. The largest absolute Gasteiger partial charge is 0.385 e. The Morgan fingerprint density at radius 3 is 2.22 bits per heavy atom. The fraction of sp³-hybridized carbons (Fsp3) is 0.516. The van der Waals surface area contributed by atoms with E-state index in [1.165, 1.54) is 24.2 Å². The maximum atomic E-state index is 11.7. The predicted molar refractivity (Wildman–Crippen MR) is 151 cm³/mol. The van der Waals surface area contributed by atoms with Crippen LogP contribution in [0.2, 0.25) is 0 Å². The van der Waals surface area contributed by atoms with E-state index in [0.29, 0.717) is 12.8 Å². The lowest BCUT2D eigenvalue weighted by atomic mass is 9.70. The molecule has 2 aromatic heterocycles. The van der Waals surface area contributed by atoms with Crippen molar-refractivity contribution in [3.63, 3.8) is 0 Å². The first kappa shape index (κ1) is 24.5. The van der Waals surface area contributed by atoms with Crippen molar-refractivity contribution in [3.8, 4) is 11.1 Å². The number of hydrogen-bond donors (Lipinski definition) is 2. The summed E-state index contributed by atoms with van der Waals surface area (Å²) in [4.78, 5) is 4.97. The first-order valence-corrected chi connectivity index (χ1v) is 13.8. The molecular weight excluding hydrogens is 458 g/mol. The van der Waals surface area contributed by atoms with Gasteiger partial charge in [-0.15, -0.1) is 0 Å². The Hall–Kier alpha value is -2.83. The SMILES string of the molecule is C=C(C1CC1)N1CCN(c2ccnn3cc(-c4ccc(C5(O)CC(C)(C)NC(C)(C)C5)cc4)cc23)CC1. The van der Waals surface area contributed by atoms with Gasteiger partial charge in [0.2, 0.25) is 0 Å². The van der Waals surface area contributed by atoms with Crippen molar-refractivity contribution in [1.29, 1.82) is 0 Å². The Balaban J connectivity index is 1.23. The first-order chi connectivity index (χ1) is 17.5.